The lowest BCUT2D eigenvalue weighted by atomic mass is 10.4. The summed E-state index contributed by atoms with van der Waals surface area (Å²) in [6.45, 7) is 1.82. The molecule has 0 aromatic carbocycles. The molecular weight excluding hydrogens is 186 g/mol. The molecule has 70 valence electrons. The van der Waals surface area contributed by atoms with E-state index in [1.165, 1.54) is 0 Å². The van der Waals surface area contributed by atoms with Crippen LogP contribution in [-0.2, 0) is 6.54 Å². The normalized spacial score (nSPS) is 16.1. The Morgan fingerprint density at radius 2 is 2.54 bits per heavy atom. The lowest BCUT2D eigenvalue weighted by Crippen LogP contribution is -2.15. The average molecular weight is 197 g/mol. The van der Waals surface area contributed by atoms with E-state index in [1.807, 2.05) is 6.20 Å². The Balaban J connectivity index is 2.32. The highest BCUT2D eigenvalue weighted by Crippen LogP contribution is 2.23. The summed E-state index contributed by atoms with van der Waals surface area (Å²) in [6.07, 6.45) is 1.83. The predicted octanol–water partition coefficient (Wildman–Crippen LogP) is 0.680. The molecule has 1 aliphatic rings. The van der Waals surface area contributed by atoms with Crippen LogP contribution in [0, 0.1) is 0 Å². The van der Waals surface area contributed by atoms with Crippen molar-refractivity contribution in [1.82, 2.24) is 15.3 Å². The van der Waals surface area contributed by atoms with Crippen LogP contribution in [0.15, 0.2) is 11.1 Å². The van der Waals surface area contributed by atoms with Crippen LogP contribution in [0.5, 0.6) is 6.01 Å². The maximum absolute atomic E-state index is 4.96. The molecule has 1 aromatic heterocycles. The molecule has 1 aliphatic heterocycles. The van der Waals surface area contributed by atoms with Crippen LogP contribution >= 0.6 is 11.8 Å². The van der Waals surface area contributed by atoms with Gasteiger partial charge >= 0.3 is 6.01 Å². The van der Waals surface area contributed by atoms with Crippen molar-refractivity contribution in [3.63, 3.8) is 0 Å². The van der Waals surface area contributed by atoms with Gasteiger partial charge in [0, 0.05) is 29.9 Å². The van der Waals surface area contributed by atoms with Crippen molar-refractivity contribution in [2.75, 3.05) is 19.4 Å². The van der Waals surface area contributed by atoms with Gasteiger partial charge in [-0.2, -0.15) is 4.98 Å². The first-order chi connectivity index (χ1) is 6.40. The molecule has 0 aliphatic carbocycles. The number of methoxy groups -OCH3 is 1. The van der Waals surface area contributed by atoms with Crippen molar-refractivity contribution in [3.8, 4) is 6.01 Å². The molecule has 13 heavy (non-hydrogen) atoms. The Bertz CT molecular complexity index is 305. The quantitative estimate of drug-likeness (QED) is 0.717. The Labute approximate surface area is 81.1 Å². The number of thioether (sulfide) groups is 1. The fourth-order valence-electron chi connectivity index (χ4n) is 1.17. The second-order valence-corrected chi connectivity index (χ2v) is 3.83. The van der Waals surface area contributed by atoms with Gasteiger partial charge in [-0.05, 0) is 0 Å². The van der Waals surface area contributed by atoms with Crippen LogP contribution < -0.4 is 10.1 Å². The summed E-state index contributed by atoms with van der Waals surface area (Å²) in [4.78, 5) is 9.50. The van der Waals surface area contributed by atoms with Gasteiger partial charge in [-0.15, -0.1) is 11.8 Å². The molecule has 0 saturated carbocycles. The van der Waals surface area contributed by atoms with E-state index in [2.05, 4.69) is 15.3 Å². The van der Waals surface area contributed by atoms with Crippen molar-refractivity contribution in [3.05, 3.63) is 11.9 Å². The largest absolute Gasteiger partial charge is 0.467 e. The maximum Gasteiger partial charge on any atom is 0.316 e. The summed E-state index contributed by atoms with van der Waals surface area (Å²) in [7, 11) is 1.58. The fourth-order valence-corrected chi connectivity index (χ4v) is 2.05. The highest BCUT2D eigenvalue weighted by atomic mass is 32.2. The molecule has 1 aromatic rings. The topological polar surface area (TPSA) is 47.0 Å². The highest BCUT2D eigenvalue weighted by molar-refractivity contribution is 7.99. The maximum atomic E-state index is 4.96. The number of aromatic nitrogens is 2. The van der Waals surface area contributed by atoms with E-state index >= 15 is 0 Å². The van der Waals surface area contributed by atoms with Crippen LogP contribution in [0.3, 0.4) is 0 Å². The zero-order valence-corrected chi connectivity index (χ0v) is 8.23. The third-order valence-corrected chi connectivity index (χ3v) is 2.88. The van der Waals surface area contributed by atoms with Gasteiger partial charge in [-0.25, -0.2) is 4.98 Å². The zero-order valence-electron chi connectivity index (χ0n) is 7.41. The van der Waals surface area contributed by atoms with Gasteiger partial charge in [0.25, 0.3) is 0 Å². The second-order valence-electron chi connectivity index (χ2n) is 2.69. The van der Waals surface area contributed by atoms with E-state index in [0.29, 0.717) is 6.01 Å². The summed E-state index contributed by atoms with van der Waals surface area (Å²) < 4.78 is 4.96. The molecule has 0 saturated heterocycles. The molecule has 0 atom stereocenters. The number of fused-ring (bicyclic) bond motifs is 1. The molecule has 0 bridgehead atoms. The lowest BCUT2D eigenvalue weighted by molar-refractivity contribution is 0.376. The Morgan fingerprint density at radius 1 is 1.62 bits per heavy atom. The summed E-state index contributed by atoms with van der Waals surface area (Å²) >= 11 is 1.79. The monoisotopic (exact) mass is 197 g/mol. The smallest absolute Gasteiger partial charge is 0.316 e. The number of nitrogens with one attached hydrogen (secondary N) is 1. The van der Waals surface area contributed by atoms with Crippen LogP contribution in [0.4, 0.5) is 0 Å². The van der Waals surface area contributed by atoms with Gasteiger partial charge in [-0.3, -0.25) is 0 Å². The Kier molecular flexibility index (Phi) is 2.65. The van der Waals surface area contributed by atoms with E-state index in [9.17, 15) is 0 Å². The summed E-state index contributed by atoms with van der Waals surface area (Å²) in [6, 6.07) is 0.447. The minimum Gasteiger partial charge on any atom is -0.467 e. The minimum absolute atomic E-state index is 0.447. The Hall–Kier alpha value is -0.810. The van der Waals surface area contributed by atoms with Crippen LogP contribution in [0.1, 0.15) is 5.69 Å². The fraction of sp³-hybridized carbons (Fsp3) is 0.500. The first kappa shape index (κ1) is 8.77. The summed E-state index contributed by atoms with van der Waals surface area (Å²) in [5.74, 6) is 1.07. The number of hydrogen-bond acceptors (Lipinski definition) is 5. The molecule has 0 unspecified atom stereocenters. The first-order valence-electron chi connectivity index (χ1n) is 4.13. The van der Waals surface area contributed by atoms with E-state index in [4.69, 9.17) is 4.74 Å². The SMILES string of the molecule is COc1ncc2c(n1)CNCCS2. The average Bonchev–Trinajstić information content (AvgIpc) is 2.41. The summed E-state index contributed by atoms with van der Waals surface area (Å²) in [5, 5.41) is 3.29. The van der Waals surface area contributed by atoms with Gasteiger partial charge < -0.3 is 10.1 Å². The molecule has 0 radical (unpaired) electrons. The number of nitrogens with zero attached hydrogens (tertiary/aromatic N) is 2. The zero-order chi connectivity index (χ0) is 9.10. The molecule has 2 heterocycles. The van der Waals surface area contributed by atoms with Crippen LogP contribution in [0.25, 0.3) is 0 Å². The van der Waals surface area contributed by atoms with E-state index in [1.54, 1.807) is 18.9 Å². The van der Waals surface area contributed by atoms with Gasteiger partial charge in [0.2, 0.25) is 0 Å². The standard InChI is InChI=1S/C8H11N3OS/c1-12-8-10-5-7-6(11-8)4-9-2-3-13-7/h5,9H,2-4H2,1H3. The van der Waals surface area contributed by atoms with E-state index in [0.717, 1.165) is 29.4 Å². The predicted molar refractivity (Wildman–Crippen MR) is 51.0 cm³/mol. The minimum atomic E-state index is 0.447. The third-order valence-electron chi connectivity index (χ3n) is 1.82. The van der Waals surface area contributed by atoms with Crippen molar-refractivity contribution < 1.29 is 4.74 Å². The summed E-state index contributed by atoms with van der Waals surface area (Å²) in [5.41, 5.74) is 1.04. The molecule has 1 N–H and O–H groups in total. The van der Waals surface area contributed by atoms with Crippen molar-refractivity contribution in [2.45, 2.75) is 11.4 Å². The number of ether oxygens (including phenoxy) is 1. The van der Waals surface area contributed by atoms with Crippen molar-refractivity contribution >= 4 is 11.8 Å². The third kappa shape index (κ3) is 1.92. The van der Waals surface area contributed by atoms with Crippen molar-refractivity contribution in [2.24, 2.45) is 0 Å². The molecule has 0 amide bonds. The molecule has 4 nitrogen and oxygen atoms in total. The second kappa shape index (κ2) is 3.93. The molecular formula is C8H11N3OS. The number of hydrogen-bond donors (Lipinski definition) is 1. The lowest BCUT2D eigenvalue weighted by Gasteiger charge is -2.04. The molecule has 5 heteroatoms. The van der Waals surface area contributed by atoms with Gasteiger partial charge in [0.1, 0.15) is 0 Å². The van der Waals surface area contributed by atoms with Crippen LogP contribution in [0.2, 0.25) is 0 Å². The van der Waals surface area contributed by atoms with Crippen LogP contribution in [-0.4, -0.2) is 29.4 Å². The highest BCUT2D eigenvalue weighted by Gasteiger charge is 2.10. The van der Waals surface area contributed by atoms with Crippen molar-refractivity contribution in [1.29, 1.82) is 0 Å². The Morgan fingerprint density at radius 3 is 3.38 bits per heavy atom. The van der Waals surface area contributed by atoms with Gasteiger partial charge in [0.05, 0.1) is 12.8 Å². The molecule has 2 rings (SSSR count). The van der Waals surface area contributed by atoms with Gasteiger partial charge in [0.15, 0.2) is 0 Å². The first-order valence-corrected chi connectivity index (χ1v) is 5.12. The van der Waals surface area contributed by atoms with E-state index < -0.39 is 0 Å². The molecule has 0 fully saturated rings. The van der Waals surface area contributed by atoms with E-state index in [-0.39, 0.29) is 0 Å². The number of rotatable bonds is 1. The van der Waals surface area contributed by atoms with Gasteiger partial charge in [-0.1, -0.05) is 0 Å². The molecule has 0 spiro atoms.